The van der Waals surface area contributed by atoms with E-state index in [1.54, 1.807) is 11.0 Å². The molecule has 2 aliphatic rings. The molecule has 0 aliphatic carbocycles. The predicted octanol–water partition coefficient (Wildman–Crippen LogP) is 1.76. The average molecular weight is 307 g/mol. The van der Waals surface area contributed by atoms with Gasteiger partial charge in [-0.1, -0.05) is 19.0 Å². The van der Waals surface area contributed by atoms with Gasteiger partial charge in [-0.3, -0.25) is 9.69 Å². The zero-order valence-electron chi connectivity index (χ0n) is 12.9. The van der Waals surface area contributed by atoms with Crippen LogP contribution in [0.4, 0.5) is 4.79 Å². The molecule has 120 valence electrons. The zero-order valence-corrected chi connectivity index (χ0v) is 12.9. The molecular formula is C15H21N3O4. The molecule has 1 aromatic rings. The van der Waals surface area contributed by atoms with Crippen LogP contribution in [0.3, 0.4) is 0 Å². The van der Waals surface area contributed by atoms with Gasteiger partial charge in [0.2, 0.25) is 5.76 Å². The van der Waals surface area contributed by atoms with Gasteiger partial charge in [-0.05, 0) is 18.8 Å². The number of hydrogen-bond donors (Lipinski definition) is 0. The lowest BCUT2D eigenvalue weighted by Gasteiger charge is -2.38. The van der Waals surface area contributed by atoms with Crippen molar-refractivity contribution in [3.8, 4) is 0 Å². The molecule has 1 atom stereocenters. The molecule has 2 saturated heterocycles. The van der Waals surface area contributed by atoms with Crippen LogP contribution in [0, 0.1) is 5.92 Å². The number of ether oxygens (including phenoxy) is 1. The molecule has 2 aliphatic heterocycles. The molecule has 0 bridgehead atoms. The van der Waals surface area contributed by atoms with E-state index in [1.807, 2.05) is 4.90 Å². The third kappa shape index (κ3) is 2.67. The summed E-state index contributed by atoms with van der Waals surface area (Å²) >= 11 is 0. The van der Waals surface area contributed by atoms with E-state index in [4.69, 9.17) is 9.26 Å². The normalized spacial score (nSPS) is 23.2. The molecule has 7 nitrogen and oxygen atoms in total. The van der Waals surface area contributed by atoms with E-state index in [0.29, 0.717) is 25.6 Å². The van der Waals surface area contributed by atoms with Crippen molar-refractivity contribution in [3.05, 3.63) is 18.0 Å². The molecule has 2 fully saturated rings. The molecule has 1 unspecified atom stereocenters. The van der Waals surface area contributed by atoms with Crippen molar-refractivity contribution < 1.29 is 18.8 Å². The summed E-state index contributed by atoms with van der Waals surface area (Å²) in [4.78, 5) is 27.8. The van der Waals surface area contributed by atoms with Crippen LogP contribution in [0.15, 0.2) is 16.8 Å². The van der Waals surface area contributed by atoms with Gasteiger partial charge in [-0.25, -0.2) is 4.79 Å². The number of carbonyl (C=O) groups is 2. The fourth-order valence-electron chi connectivity index (χ4n) is 3.21. The lowest BCUT2D eigenvalue weighted by molar-refractivity contribution is 0.0582. The van der Waals surface area contributed by atoms with E-state index in [0.717, 1.165) is 12.8 Å². The largest absolute Gasteiger partial charge is 0.447 e. The highest BCUT2D eigenvalue weighted by molar-refractivity contribution is 5.91. The Morgan fingerprint density at radius 2 is 2.09 bits per heavy atom. The zero-order chi connectivity index (χ0) is 15.7. The molecule has 0 saturated carbocycles. The summed E-state index contributed by atoms with van der Waals surface area (Å²) in [5.41, 5.74) is 0. The first-order valence-electron chi connectivity index (χ1n) is 7.73. The smallest absolute Gasteiger partial charge is 0.410 e. The Hall–Kier alpha value is -2.05. The number of carbonyl (C=O) groups excluding carboxylic acids is 2. The lowest BCUT2D eigenvalue weighted by atomic mass is 9.97. The predicted molar refractivity (Wildman–Crippen MR) is 77.2 cm³/mol. The molecule has 3 heterocycles. The van der Waals surface area contributed by atoms with Crippen molar-refractivity contribution in [1.82, 2.24) is 15.0 Å². The Balaban J connectivity index is 1.62. The second kappa shape index (κ2) is 5.98. The molecule has 1 aromatic heterocycles. The fraction of sp³-hybridized carbons (Fsp3) is 0.667. The summed E-state index contributed by atoms with van der Waals surface area (Å²) in [5, 5.41) is 3.56. The van der Waals surface area contributed by atoms with Crippen LogP contribution < -0.4 is 0 Å². The highest BCUT2D eigenvalue weighted by Gasteiger charge is 2.41. The molecular weight excluding hydrogens is 286 g/mol. The third-order valence-electron chi connectivity index (χ3n) is 4.51. The molecule has 0 radical (unpaired) electrons. The summed E-state index contributed by atoms with van der Waals surface area (Å²) in [7, 11) is 0. The molecule has 0 N–H and O–H groups in total. The number of likely N-dealkylation sites (tertiary alicyclic amines) is 1. The second-order valence-corrected chi connectivity index (χ2v) is 6.20. The van der Waals surface area contributed by atoms with Crippen LogP contribution in [0.1, 0.15) is 37.2 Å². The molecule has 7 heteroatoms. The maximum atomic E-state index is 12.2. The van der Waals surface area contributed by atoms with Gasteiger partial charge in [0.05, 0.1) is 12.2 Å². The lowest BCUT2D eigenvalue weighted by Crippen LogP contribution is -2.50. The highest BCUT2D eigenvalue weighted by atomic mass is 16.6. The number of rotatable bonds is 3. The Morgan fingerprint density at radius 1 is 1.36 bits per heavy atom. The minimum Gasteiger partial charge on any atom is -0.447 e. The number of piperidine rings is 1. The Labute approximate surface area is 129 Å². The van der Waals surface area contributed by atoms with Crippen LogP contribution in [0.5, 0.6) is 0 Å². The topological polar surface area (TPSA) is 75.9 Å². The molecule has 0 aromatic carbocycles. The molecule has 2 amide bonds. The Bertz CT molecular complexity index is 535. The summed E-state index contributed by atoms with van der Waals surface area (Å²) in [6.07, 6.45) is 2.77. The first-order chi connectivity index (χ1) is 10.6. The van der Waals surface area contributed by atoms with Gasteiger partial charge < -0.3 is 14.2 Å². The van der Waals surface area contributed by atoms with E-state index in [9.17, 15) is 9.59 Å². The monoisotopic (exact) mass is 307 g/mol. The van der Waals surface area contributed by atoms with E-state index in [-0.39, 0.29) is 29.8 Å². The summed E-state index contributed by atoms with van der Waals surface area (Å²) in [6.45, 7) is 5.88. The second-order valence-electron chi connectivity index (χ2n) is 6.20. The van der Waals surface area contributed by atoms with Crippen molar-refractivity contribution in [3.63, 3.8) is 0 Å². The van der Waals surface area contributed by atoms with Crippen molar-refractivity contribution in [2.45, 2.75) is 38.8 Å². The van der Waals surface area contributed by atoms with Gasteiger partial charge in [-0.15, -0.1) is 0 Å². The summed E-state index contributed by atoms with van der Waals surface area (Å²) < 4.78 is 10.1. The van der Waals surface area contributed by atoms with E-state index in [1.165, 1.54) is 6.20 Å². The van der Waals surface area contributed by atoms with E-state index >= 15 is 0 Å². The molecule has 22 heavy (non-hydrogen) atoms. The maximum Gasteiger partial charge on any atom is 0.410 e. The number of cyclic esters (lactones) is 1. The summed E-state index contributed by atoms with van der Waals surface area (Å²) in [6, 6.07) is 1.84. The number of nitrogens with zero attached hydrogens (tertiary/aromatic N) is 3. The Kier molecular flexibility index (Phi) is 4.04. The van der Waals surface area contributed by atoms with Gasteiger partial charge in [0.1, 0.15) is 6.61 Å². The number of amides is 2. The van der Waals surface area contributed by atoms with Crippen LogP contribution in [0.25, 0.3) is 0 Å². The summed E-state index contributed by atoms with van der Waals surface area (Å²) in [5.74, 6) is 0.486. The van der Waals surface area contributed by atoms with Gasteiger partial charge in [0.25, 0.3) is 5.91 Å². The van der Waals surface area contributed by atoms with Crippen molar-refractivity contribution in [2.75, 3.05) is 19.7 Å². The molecule has 3 rings (SSSR count). The van der Waals surface area contributed by atoms with Crippen molar-refractivity contribution in [1.29, 1.82) is 0 Å². The maximum absolute atomic E-state index is 12.2. The minimum atomic E-state index is -0.223. The Morgan fingerprint density at radius 3 is 2.68 bits per heavy atom. The average Bonchev–Trinajstić information content (AvgIpc) is 3.16. The van der Waals surface area contributed by atoms with E-state index < -0.39 is 0 Å². The number of hydrogen-bond acceptors (Lipinski definition) is 5. The molecule has 0 spiro atoms. The highest BCUT2D eigenvalue weighted by Crippen LogP contribution is 2.27. The van der Waals surface area contributed by atoms with Gasteiger partial charge in [0.15, 0.2) is 0 Å². The quantitative estimate of drug-likeness (QED) is 0.850. The van der Waals surface area contributed by atoms with Crippen LogP contribution in [-0.2, 0) is 4.74 Å². The minimum absolute atomic E-state index is 0.133. The van der Waals surface area contributed by atoms with Crippen molar-refractivity contribution >= 4 is 12.0 Å². The van der Waals surface area contributed by atoms with Crippen LogP contribution in [0.2, 0.25) is 0 Å². The van der Waals surface area contributed by atoms with E-state index in [2.05, 4.69) is 19.0 Å². The van der Waals surface area contributed by atoms with Gasteiger partial charge in [-0.2, -0.15) is 0 Å². The first-order valence-corrected chi connectivity index (χ1v) is 7.73. The number of aromatic nitrogens is 1. The van der Waals surface area contributed by atoms with Gasteiger partial charge >= 0.3 is 6.09 Å². The SMILES string of the molecule is CC(C)C1COC(=O)N1C1CCN(C(=O)c2ccno2)CC1. The van der Waals surface area contributed by atoms with Gasteiger partial charge in [0, 0.05) is 25.2 Å². The standard InChI is InChI=1S/C15H21N3O4/c1-10(2)12-9-21-15(20)18(12)11-4-7-17(8-5-11)14(19)13-3-6-16-22-13/h3,6,10-12H,4-5,7-9H2,1-2H3. The van der Waals surface area contributed by atoms with Crippen LogP contribution >= 0.6 is 0 Å². The van der Waals surface area contributed by atoms with Crippen molar-refractivity contribution in [2.24, 2.45) is 5.92 Å². The third-order valence-corrected chi connectivity index (χ3v) is 4.51. The fourth-order valence-corrected chi connectivity index (χ4v) is 3.21. The first kappa shape index (κ1) is 14.9. The van der Waals surface area contributed by atoms with Crippen LogP contribution in [-0.4, -0.2) is 58.7 Å².